The number of aryl methyl sites for hydroxylation is 1. The number of hydrogen-bond donors (Lipinski definition) is 1. The molecule has 0 atom stereocenters. The predicted octanol–water partition coefficient (Wildman–Crippen LogP) is 4.41. The number of fused-ring (bicyclic) bond motifs is 3. The van der Waals surface area contributed by atoms with Crippen molar-refractivity contribution in [2.75, 3.05) is 12.4 Å². The number of nitrogens with zero attached hydrogens (tertiary/aromatic N) is 3. The van der Waals surface area contributed by atoms with Crippen molar-refractivity contribution < 1.29 is 18.3 Å². The molecule has 2 aromatic carbocycles. The normalized spacial score (nSPS) is 11.3. The fourth-order valence-electron chi connectivity index (χ4n) is 3.12. The zero-order chi connectivity index (χ0) is 19.7. The maximum Gasteiger partial charge on any atom is 0.387 e. The number of benzene rings is 2. The minimum atomic E-state index is -2.92. The first-order valence-electron chi connectivity index (χ1n) is 8.66. The Hall–Kier alpha value is -3.42. The van der Waals surface area contributed by atoms with Crippen LogP contribution in [0.4, 0.5) is 14.6 Å². The van der Waals surface area contributed by atoms with Crippen molar-refractivity contribution >= 4 is 22.4 Å². The Morgan fingerprint density at radius 3 is 2.71 bits per heavy atom. The Bertz CT molecular complexity index is 1140. The molecular formula is C20H18F2N4O2. The first kappa shape index (κ1) is 18.0. The molecule has 0 unspecified atom stereocenters. The fourth-order valence-corrected chi connectivity index (χ4v) is 3.12. The van der Waals surface area contributed by atoms with Crippen molar-refractivity contribution in [3.8, 4) is 11.5 Å². The van der Waals surface area contributed by atoms with Gasteiger partial charge in [-0.1, -0.05) is 18.2 Å². The van der Waals surface area contributed by atoms with Crippen LogP contribution < -0.4 is 14.8 Å². The summed E-state index contributed by atoms with van der Waals surface area (Å²) in [6, 6.07) is 14.6. The largest absolute Gasteiger partial charge is 0.493 e. The van der Waals surface area contributed by atoms with Crippen molar-refractivity contribution in [1.82, 2.24) is 14.6 Å². The molecule has 1 N–H and O–H groups in total. The van der Waals surface area contributed by atoms with Gasteiger partial charge in [0.1, 0.15) is 5.82 Å². The van der Waals surface area contributed by atoms with E-state index in [9.17, 15) is 8.78 Å². The molecule has 0 aliphatic carbocycles. The Balaban J connectivity index is 1.67. The summed E-state index contributed by atoms with van der Waals surface area (Å²) in [6.07, 6.45) is 0. The second-order valence-corrected chi connectivity index (χ2v) is 6.25. The highest BCUT2D eigenvalue weighted by Crippen LogP contribution is 2.30. The first-order chi connectivity index (χ1) is 13.5. The quantitative estimate of drug-likeness (QED) is 0.533. The van der Waals surface area contributed by atoms with E-state index in [0.29, 0.717) is 12.4 Å². The fraction of sp³-hybridized carbons (Fsp3) is 0.200. The SMILES string of the molecule is COc1ccc(CNc2nc3cc(C)nn3c3ccccc23)cc1OC(F)F. The molecule has 2 aromatic heterocycles. The topological polar surface area (TPSA) is 60.7 Å². The van der Waals surface area contributed by atoms with E-state index < -0.39 is 6.61 Å². The molecule has 0 saturated heterocycles. The predicted molar refractivity (Wildman–Crippen MR) is 102 cm³/mol. The van der Waals surface area contributed by atoms with Crippen LogP contribution in [0, 0.1) is 6.92 Å². The lowest BCUT2D eigenvalue weighted by atomic mass is 10.2. The second kappa shape index (κ2) is 7.30. The minimum Gasteiger partial charge on any atom is -0.493 e. The molecule has 0 fully saturated rings. The zero-order valence-corrected chi connectivity index (χ0v) is 15.3. The van der Waals surface area contributed by atoms with Crippen LogP contribution in [0.2, 0.25) is 0 Å². The van der Waals surface area contributed by atoms with E-state index in [1.54, 1.807) is 16.6 Å². The van der Waals surface area contributed by atoms with Crippen LogP contribution in [-0.4, -0.2) is 28.3 Å². The summed E-state index contributed by atoms with van der Waals surface area (Å²) in [5, 5.41) is 8.68. The molecule has 4 aromatic rings. The standard InChI is InChI=1S/C20H18F2N4O2/c1-12-9-18-24-19(14-5-3-4-6-15(14)26(18)25-12)23-11-13-7-8-16(27-2)17(10-13)28-20(21)22/h3-10,20H,11H2,1-2H3,(H,23,24). The lowest BCUT2D eigenvalue weighted by Gasteiger charge is -2.13. The van der Waals surface area contributed by atoms with Gasteiger partial charge in [-0.25, -0.2) is 9.50 Å². The Morgan fingerprint density at radius 1 is 1.11 bits per heavy atom. The van der Waals surface area contributed by atoms with E-state index in [1.165, 1.54) is 13.2 Å². The summed E-state index contributed by atoms with van der Waals surface area (Å²) in [7, 11) is 1.41. The van der Waals surface area contributed by atoms with Gasteiger partial charge in [0.05, 0.1) is 18.3 Å². The lowest BCUT2D eigenvalue weighted by molar-refractivity contribution is -0.0512. The van der Waals surface area contributed by atoms with Crippen LogP contribution in [-0.2, 0) is 6.54 Å². The second-order valence-electron chi connectivity index (χ2n) is 6.25. The molecule has 0 aliphatic rings. The van der Waals surface area contributed by atoms with E-state index >= 15 is 0 Å². The van der Waals surface area contributed by atoms with Gasteiger partial charge >= 0.3 is 6.61 Å². The molecule has 2 heterocycles. The Morgan fingerprint density at radius 2 is 1.93 bits per heavy atom. The van der Waals surface area contributed by atoms with E-state index in [4.69, 9.17) is 4.74 Å². The van der Waals surface area contributed by atoms with Crippen LogP contribution in [0.5, 0.6) is 11.5 Å². The molecule has 4 rings (SSSR count). The van der Waals surface area contributed by atoms with Gasteiger partial charge in [0.15, 0.2) is 17.1 Å². The van der Waals surface area contributed by atoms with Gasteiger partial charge in [0.25, 0.3) is 0 Å². The van der Waals surface area contributed by atoms with Gasteiger partial charge in [0.2, 0.25) is 0 Å². The lowest BCUT2D eigenvalue weighted by Crippen LogP contribution is -2.07. The molecule has 6 nitrogen and oxygen atoms in total. The van der Waals surface area contributed by atoms with Gasteiger partial charge in [0, 0.05) is 18.0 Å². The zero-order valence-electron chi connectivity index (χ0n) is 15.3. The van der Waals surface area contributed by atoms with Gasteiger partial charge in [-0.05, 0) is 36.8 Å². The molecule has 28 heavy (non-hydrogen) atoms. The Labute approximate surface area is 159 Å². The molecule has 0 saturated carbocycles. The molecule has 8 heteroatoms. The summed E-state index contributed by atoms with van der Waals surface area (Å²) < 4.78 is 36.7. The highest BCUT2D eigenvalue weighted by molar-refractivity contribution is 5.91. The van der Waals surface area contributed by atoms with Crippen molar-refractivity contribution in [3.05, 3.63) is 59.8 Å². The number of anilines is 1. The van der Waals surface area contributed by atoms with E-state index in [-0.39, 0.29) is 11.5 Å². The van der Waals surface area contributed by atoms with Gasteiger partial charge in [-0.3, -0.25) is 0 Å². The molecule has 0 aliphatic heterocycles. The average molecular weight is 384 g/mol. The summed E-state index contributed by atoms with van der Waals surface area (Å²) >= 11 is 0. The molecule has 0 bridgehead atoms. The van der Waals surface area contributed by atoms with Gasteiger partial charge in [-0.15, -0.1) is 0 Å². The van der Waals surface area contributed by atoms with Gasteiger partial charge in [-0.2, -0.15) is 13.9 Å². The van der Waals surface area contributed by atoms with Gasteiger partial charge < -0.3 is 14.8 Å². The van der Waals surface area contributed by atoms with Crippen LogP contribution in [0.15, 0.2) is 48.5 Å². The monoisotopic (exact) mass is 384 g/mol. The number of nitrogens with one attached hydrogen (secondary N) is 1. The maximum atomic E-state index is 12.6. The summed E-state index contributed by atoms with van der Waals surface area (Å²) in [5.41, 5.74) is 3.29. The van der Waals surface area contributed by atoms with E-state index in [2.05, 4.69) is 20.1 Å². The van der Waals surface area contributed by atoms with Crippen molar-refractivity contribution in [2.24, 2.45) is 0 Å². The molecule has 0 radical (unpaired) electrons. The minimum absolute atomic E-state index is 0.00326. The van der Waals surface area contributed by atoms with Crippen LogP contribution in [0.1, 0.15) is 11.3 Å². The van der Waals surface area contributed by atoms with Crippen LogP contribution >= 0.6 is 0 Å². The third-order valence-corrected chi connectivity index (χ3v) is 4.33. The highest BCUT2D eigenvalue weighted by Gasteiger charge is 2.13. The van der Waals surface area contributed by atoms with Crippen molar-refractivity contribution in [2.45, 2.75) is 20.1 Å². The van der Waals surface area contributed by atoms with Crippen molar-refractivity contribution in [1.29, 1.82) is 0 Å². The highest BCUT2D eigenvalue weighted by atomic mass is 19.3. The number of para-hydroxylation sites is 1. The molecule has 0 amide bonds. The summed E-state index contributed by atoms with van der Waals surface area (Å²) in [5.74, 6) is 0.940. The first-order valence-corrected chi connectivity index (χ1v) is 8.66. The summed E-state index contributed by atoms with van der Waals surface area (Å²) in [4.78, 5) is 4.66. The number of methoxy groups -OCH3 is 1. The molecule has 144 valence electrons. The average Bonchev–Trinajstić information content (AvgIpc) is 3.06. The number of aromatic nitrogens is 3. The number of ether oxygens (including phenoxy) is 2. The summed E-state index contributed by atoms with van der Waals surface area (Å²) in [6.45, 7) is -0.627. The van der Waals surface area contributed by atoms with E-state index in [1.807, 2.05) is 37.3 Å². The van der Waals surface area contributed by atoms with E-state index in [0.717, 1.165) is 27.8 Å². The third-order valence-electron chi connectivity index (χ3n) is 4.33. The smallest absolute Gasteiger partial charge is 0.387 e. The number of alkyl halides is 2. The number of rotatable bonds is 6. The number of hydrogen-bond acceptors (Lipinski definition) is 5. The van der Waals surface area contributed by atoms with Crippen LogP contribution in [0.25, 0.3) is 16.6 Å². The Kier molecular flexibility index (Phi) is 4.68. The van der Waals surface area contributed by atoms with Crippen molar-refractivity contribution in [3.63, 3.8) is 0 Å². The van der Waals surface area contributed by atoms with Crippen LogP contribution in [0.3, 0.4) is 0 Å². The molecular weight excluding hydrogens is 366 g/mol. The third kappa shape index (κ3) is 3.40. The number of halogens is 2. The maximum absolute atomic E-state index is 12.6. The molecule has 0 spiro atoms.